The fraction of sp³-hybridized carbons (Fsp3) is 0.200. The fourth-order valence-electron chi connectivity index (χ4n) is 1.14. The molecule has 2 aromatic rings. The molecule has 0 spiro atoms. The molecule has 6 heteroatoms. The number of anilines is 1. The van der Waals surface area contributed by atoms with E-state index in [1.165, 1.54) is 0 Å². The molecule has 1 aromatic carbocycles. The third-order valence-electron chi connectivity index (χ3n) is 1.85. The molecule has 0 amide bonds. The summed E-state index contributed by atoms with van der Waals surface area (Å²) in [5.41, 5.74) is 0. The number of rotatable bonds is 5. The van der Waals surface area contributed by atoms with E-state index in [4.69, 9.17) is 16.3 Å². The molecule has 0 radical (unpaired) electrons. The van der Waals surface area contributed by atoms with Gasteiger partial charge in [-0.25, -0.2) is 0 Å². The molecule has 84 valence electrons. The number of para-hydroxylation sites is 1. The highest BCUT2D eigenvalue weighted by molar-refractivity contribution is 6.99. The van der Waals surface area contributed by atoms with Gasteiger partial charge < -0.3 is 10.1 Å². The molecular formula is C10H10ClN3OS. The summed E-state index contributed by atoms with van der Waals surface area (Å²) in [5.74, 6) is 1.47. The Morgan fingerprint density at radius 3 is 2.75 bits per heavy atom. The predicted octanol–water partition coefficient (Wildman–Crippen LogP) is 2.68. The number of ether oxygens (including phenoxy) is 1. The van der Waals surface area contributed by atoms with E-state index in [0.717, 1.165) is 17.5 Å². The van der Waals surface area contributed by atoms with Crippen molar-refractivity contribution < 1.29 is 4.74 Å². The van der Waals surface area contributed by atoms with Gasteiger partial charge in [-0.05, 0) is 12.1 Å². The number of hydrogen-bond acceptors (Lipinski definition) is 5. The molecule has 1 N–H and O–H groups in total. The second kappa shape index (κ2) is 5.67. The van der Waals surface area contributed by atoms with Crippen LogP contribution in [0.3, 0.4) is 0 Å². The van der Waals surface area contributed by atoms with Gasteiger partial charge in [0.15, 0.2) is 11.0 Å². The first-order valence-electron chi connectivity index (χ1n) is 4.76. The lowest BCUT2D eigenvalue weighted by atomic mass is 10.3. The fourth-order valence-corrected chi connectivity index (χ4v) is 1.82. The van der Waals surface area contributed by atoms with Crippen LogP contribution < -0.4 is 10.1 Å². The van der Waals surface area contributed by atoms with Crippen LogP contribution in [0.2, 0.25) is 5.15 Å². The highest BCUT2D eigenvalue weighted by atomic mass is 35.5. The summed E-state index contributed by atoms with van der Waals surface area (Å²) in [4.78, 5) is 0. The van der Waals surface area contributed by atoms with E-state index < -0.39 is 0 Å². The number of nitrogens with zero attached hydrogens (tertiary/aromatic N) is 2. The minimum atomic E-state index is 0.407. The molecule has 4 nitrogen and oxygen atoms in total. The SMILES string of the molecule is Clc1nsnc1NCCOc1ccccc1. The Bertz CT molecular complexity index is 435. The zero-order valence-electron chi connectivity index (χ0n) is 8.39. The second-order valence-corrected chi connectivity index (χ2v) is 3.88. The quantitative estimate of drug-likeness (QED) is 0.835. The van der Waals surface area contributed by atoms with Gasteiger partial charge in [0.25, 0.3) is 0 Å². The molecule has 16 heavy (non-hydrogen) atoms. The third kappa shape index (κ3) is 3.08. The molecular weight excluding hydrogens is 246 g/mol. The smallest absolute Gasteiger partial charge is 0.186 e. The van der Waals surface area contributed by atoms with Crippen molar-refractivity contribution in [1.29, 1.82) is 0 Å². The lowest BCUT2D eigenvalue weighted by Gasteiger charge is -2.06. The number of halogens is 1. The average molecular weight is 256 g/mol. The van der Waals surface area contributed by atoms with E-state index in [1.807, 2.05) is 30.3 Å². The van der Waals surface area contributed by atoms with Crippen LogP contribution in [0.25, 0.3) is 0 Å². The Labute approximate surface area is 103 Å². The van der Waals surface area contributed by atoms with E-state index in [-0.39, 0.29) is 0 Å². The Balaban J connectivity index is 1.72. The van der Waals surface area contributed by atoms with E-state index in [2.05, 4.69) is 14.1 Å². The summed E-state index contributed by atoms with van der Waals surface area (Å²) >= 11 is 6.85. The summed E-state index contributed by atoms with van der Waals surface area (Å²) in [7, 11) is 0. The van der Waals surface area contributed by atoms with Crippen LogP contribution in [0.5, 0.6) is 5.75 Å². The Morgan fingerprint density at radius 2 is 2.06 bits per heavy atom. The maximum absolute atomic E-state index is 5.77. The van der Waals surface area contributed by atoms with Gasteiger partial charge in [-0.1, -0.05) is 29.8 Å². The molecule has 0 bridgehead atoms. The molecule has 0 saturated carbocycles. The summed E-state index contributed by atoms with van der Waals surface area (Å²) < 4.78 is 13.3. The largest absolute Gasteiger partial charge is 0.492 e. The van der Waals surface area contributed by atoms with Crippen molar-refractivity contribution in [3.8, 4) is 5.75 Å². The minimum Gasteiger partial charge on any atom is -0.492 e. The van der Waals surface area contributed by atoms with E-state index >= 15 is 0 Å². The molecule has 1 aromatic heterocycles. The monoisotopic (exact) mass is 255 g/mol. The molecule has 0 aliphatic carbocycles. The lowest BCUT2D eigenvalue weighted by molar-refractivity contribution is 0.333. The molecule has 2 rings (SSSR count). The maximum atomic E-state index is 5.77. The van der Waals surface area contributed by atoms with Gasteiger partial charge in [-0.3, -0.25) is 0 Å². The molecule has 0 unspecified atom stereocenters. The van der Waals surface area contributed by atoms with E-state index in [0.29, 0.717) is 24.1 Å². The van der Waals surface area contributed by atoms with Crippen molar-refractivity contribution >= 4 is 29.1 Å². The Kier molecular flexibility index (Phi) is 3.96. The van der Waals surface area contributed by atoms with Crippen molar-refractivity contribution in [1.82, 2.24) is 8.75 Å². The average Bonchev–Trinajstić information content (AvgIpc) is 2.72. The van der Waals surface area contributed by atoms with Gasteiger partial charge in [0.05, 0.1) is 18.3 Å². The van der Waals surface area contributed by atoms with Crippen LogP contribution in [0.1, 0.15) is 0 Å². The first kappa shape index (κ1) is 11.2. The number of aromatic nitrogens is 2. The van der Waals surface area contributed by atoms with Crippen molar-refractivity contribution in [2.24, 2.45) is 0 Å². The molecule has 0 atom stereocenters. The van der Waals surface area contributed by atoms with E-state index in [9.17, 15) is 0 Å². The van der Waals surface area contributed by atoms with Crippen LogP contribution in [-0.2, 0) is 0 Å². The van der Waals surface area contributed by atoms with Crippen molar-refractivity contribution in [2.75, 3.05) is 18.5 Å². The summed E-state index contributed by atoms with van der Waals surface area (Å²) in [6, 6.07) is 9.65. The van der Waals surface area contributed by atoms with Gasteiger partial charge in [-0.15, -0.1) is 0 Å². The maximum Gasteiger partial charge on any atom is 0.186 e. The van der Waals surface area contributed by atoms with Crippen molar-refractivity contribution in [3.05, 3.63) is 35.5 Å². The van der Waals surface area contributed by atoms with Crippen molar-refractivity contribution in [2.45, 2.75) is 0 Å². The lowest BCUT2D eigenvalue weighted by Crippen LogP contribution is -2.11. The first-order chi connectivity index (χ1) is 7.86. The highest BCUT2D eigenvalue weighted by Crippen LogP contribution is 2.17. The number of nitrogens with one attached hydrogen (secondary N) is 1. The van der Waals surface area contributed by atoms with Crippen LogP contribution in [0, 0.1) is 0 Å². The topological polar surface area (TPSA) is 47.0 Å². The molecule has 0 saturated heterocycles. The van der Waals surface area contributed by atoms with Crippen LogP contribution in [0.4, 0.5) is 5.82 Å². The highest BCUT2D eigenvalue weighted by Gasteiger charge is 2.03. The van der Waals surface area contributed by atoms with Crippen LogP contribution in [-0.4, -0.2) is 21.9 Å². The first-order valence-corrected chi connectivity index (χ1v) is 5.87. The summed E-state index contributed by atoms with van der Waals surface area (Å²) in [6.07, 6.45) is 0. The molecule has 0 aliphatic heterocycles. The van der Waals surface area contributed by atoms with Crippen LogP contribution in [0.15, 0.2) is 30.3 Å². The number of benzene rings is 1. The standard InChI is InChI=1S/C10H10ClN3OS/c11-9-10(14-16-13-9)12-6-7-15-8-4-2-1-3-5-8/h1-5H,6-7H2,(H,12,14). The van der Waals surface area contributed by atoms with Gasteiger partial charge in [0.2, 0.25) is 0 Å². The zero-order chi connectivity index (χ0) is 11.2. The second-order valence-electron chi connectivity index (χ2n) is 2.99. The summed E-state index contributed by atoms with van der Waals surface area (Å²) in [6.45, 7) is 1.19. The zero-order valence-corrected chi connectivity index (χ0v) is 9.96. The van der Waals surface area contributed by atoms with Crippen LogP contribution >= 0.6 is 23.3 Å². The third-order valence-corrected chi connectivity index (χ3v) is 2.75. The van der Waals surface area contributed by atoms with Crippen molar-refractivity contribution in [3.63, 3.8) is 0 Å². The Hall–Kier alpha value is -1.33. The summed E-state index contributed by atoms with van der Waals surface area (Å²) in [5, 5.41) is 3.45. The van der Waals surface area contributed by atoms with Gasteiger partial charge in [0.1, 0.15) is 12.4 Å². The van der Waals surface area contributed by atoms with Gasteiger partial charge in [-0.2, -0.15) is 8.75 Å². The predicted molar refractivity (Wildman–Crippen MR) is 65.3 cm³/mol. The molecule has 1 heterocycles. The van der Waals surface area contributed by atoms with Gasteiger partial charge >= 0.3 is 0 Å². The molecule has 0 fully saturated rings. The van der Waals surface area contributed by atoms with Gasteiger partial charge in [0, 0.05) is 0 Å². The minimum absolute atomic E-state index is 0.407. The normalized spacial score (nSPS) is 10.1. The molecule has 0 aliphatic rings. The Morgan fingerprint density at radius 1 is 1.25 bits per heavy atom. The van der Waals surface area contributed by atoms with E-state index in [1.54, 1.807) is 0 Å². The number of hydrogen-bond donors (Lipinski definition) is 1.